The van der Waals surface area contributed by atoms with Crippen LogP contribution in [0.4, 0.5) is 15.6 Å². The molecule has 2 rings (SSSR count). The minimum Gasteiger partial charge on any atom is -0.465 e. The number of sulfonamides is 1. The topological polar surface area (TPSA) is 169 Å². The van der Waals surface area contributed by atoms with Gasteiger partial charge in [0.2, 0.25) is 21.8 Å². The van der Waals surface area contributed by atoms with Crippen molar-refractivity contribution < 1.29 is 33.1 Å². The SMILES string of the molecule is CC(C)C[C@@H](C(=O)NN(c1ccccc1)S(C)(=O)=O)[C@H](CN(C(=O)O)c1nccs1)C(=O)NO. The smallest absolute Gasteiger partial charge is 0.413 e. The van der Waals surface area contributed by atoms with Crippen LogP contribution in [0.15, 0.2) is 41.9 Å². The number of hydroxylamine groups is 1. The van der Waals surface area contributed by atoms with Crippen LogP contribution in [-0.2, 0) is 19.6 Å². The Bertz CT molecular complexity index is 1080. The fourth-order valence-corrected chi connectivity index (χ4v) is 4.71. The summed E-state index contributed by atoms with van der Waals surface area (Å²) >= 11 is 1.02. The van der Waals surface area contributed by atoms with E-state index in [9.17, 15) is 33.1 Å². The number of carbonyl (C=O) groups is 3. The zero-order valence-electron chi connectivity index (χ0n) is 18.8. The summed E-state index contributed by atoms with van der Waals surface area (Å²) in [5, 5.41) is 20.6. The molecular formula is C20H27N5O7S2. The zero-order chi connectivity index (χ0) is 25.5. The van der Waals surface area contributed by atoms with Gasteiger partial charge in [-0.25, -0.2) is 23.7 Å². The number of hydrogen-bond donors (Lipinski definition) is 4. The van der Waals surface area contributed by atoms with Crippen LogP contribution >= 0.6 is 11.3 Å². The highest BCUT2D eigenvalue weighted by Gasteiger charge is 2.39. The summed E-state index contributed by atoms with van der Waals surface area (Å²) in [6.45, 7) is 3.08. The van der Waals surface area contributed by atoms with E-state index in [4.69, 9.17) is 0 Å². The van der Waals surface area contributed by atoms with Gasteiger partial charge < -0.3 is 5.11 Å². The first kappa shape index (κ1) is 27.0. The Labute approximate surface area is 201 Å². The number of thiazole rings is 1. The number of carbonyl (C=O) groups excluding carboxylic acids is 2. The Hall–Kier alpha value is -3.23. The first-order valence-electron chi connectivity index (χ1n) is 10.2. The second-order valence-electron chi connectivity index (χ2n) is 7.87. The highest BCUT2D eigenvalue weighted by Crippen LogP contribution is 2.27. The number of nitrogens with one attached hydrogen (secondary N) is 2. The molecule has 0 aliphatic carbocycles. The van der Waals surface area contributed by atoms with Gasteiger partial charge in [-0.2, -0.15) is 4.41 Å². The standard InChI is InChI=1S/C20H27N5O7S2/c1-13(2)11-15(17(26)22-25(34(3,31)32)14-7-5-4-6-8-14)16(18(27)23-30)12-24(20(28)29)19-21-9-10-33-19/h4-10,13,15-16,30H,11-12H2,1-3H3,(H,22,26)(H,23,27)(H,28,29)/t15-,16+/m1/s1. The van der Waals surface area contributed by atoms with Crippen molar-refractivity contribution >= 4 is 50.1 Å². The van der Waals surface area contributed by atoms with E-state index in [1.54, 1.807) is 37.4 Å². The van der Waals surface area contributed by atoms with Gasteiger partial charge in [0.1, 0.15) is 0 Å². The van der Waals surface area contributed by atoms with Crippen LogP contribution in [0.2, 0.25) is 0 Å². The predicted molar refractivity (Wildman–Crippen MR) is 126 cm³/mol. The molecule has 34 heavy (non-hydrogen) atoms. The maximum atomic E-state index is 13.4. The molecule has 2 atom stereocenters. The van der Waals surface area contributed by atoms with E-state index in [1.807, 2.05) is 0 Å². The molecule has 1 aromatic carbocycles. The maximum Gasteiger partial charge on any atom is 0.413 e. The summed E-state index contributed by atoms with van der Waals surface area (Å²) in [5.74, 6) is -4.51. The summed E-state index contributed by atoms with van der Waals surface area (Å²) < 4.78 is 25.5. The summed E-state index contributed by atoms with van der Waals surface area (Å²) in [6.07, 6.45) is 0.988. The summed E-state index contributed by atoms with van der Waals surface area (Å²) in [5.41, 5.74) is 4.00. The van der Waals surface area contributed by atoms with Gasteiger partial charge in [-0.3, -0.25) is 25.1 Å². The predicted octanol–water partition coefficient (Wildman–Crippen LogP) is 1.91. The molecule has 0 aliphatic heterocycles. The molecule has 2 aromatic rings. The van der Waals surface area contributed by atoms with Gasteiger partial charge in [-0.1, -0.05) is 32.0 Å². The Morgan fingerprint density at radius 3 is 2.24 bits per heavy atom. The van der Waals surface area contributed by atoms with E-state index in [2.05, 4.69) is 10.4 Å². The number of para-hydroxylation sites is 1. The van der Waals surface area contributed by atoms with Crippen LogP contribution in [0.5, 0.6) is 0 Å². The third kappa shape index (κ3) is 7.13. The fourth-order valence-electron chi connectivity index (χ4n) is 3.31. The monoisotopic (exact) mass is 513 g/mol. The lowest BCUT2D eigenvalue weighted by Gasteiger charge is -2.31. The molecule has 186 valence electrons. The third-order valence-corrected chi connectivity index (χ3v) is 6.55. The largest absolute Gasteiger partial charge is 0.465 e. The number of aromatic nitrogens is 1. The van der Waals surface area contributed by atoms with Gasteiger partial charge >= 0.3 is 6.09 Å². The number of benzene rings is 1. The molecule has 14 heteroatoms. The van der Waals surface area contributed by atoms with Crippen molar-refractivity contribution in [1.29, 1.82) is 0 Å². The Morgan fingerprint density at radius 1 is 1.12 bits per heavy atom. The molecule has 1 heterocycles. The van der Waals surface area contributed by atoms with E-state index >= 15 is 0 Å². The van der Waals surface area contributed by atoms with Crippen molar-refractivity contribution in [3.05, 3.63) is 41.9 Å². The number of nitrogens with zero attached hydrogens (tertiary/aromatic N) is 3. The van der Waals surface area contributed by atoms with E-state index in [1.165, 1.54) is 23.8 Å². The first-order chi connectivity index (χ1) is 16.0. The van der Waals surface area contributed by atoms with Crippen molar-refractivity contribution in [3.8, 4) is 0 Å². The number of rotatable bonds is 11. The molecule has 1 aromatic heterocycles. The van der Waals surface area contributed by atoms with Crippen molar-refractivity contribution in [3.63, 3.8) is 0 Å². The van der Waals surface area contributed by atoms with Gasteiger partial charge in [0.15, 0.2) is 5.13 Å². The molecule has 0 saturated carbocycles. The molecule has 0 spiro atoms. The number of anilines is 2. The van der Waals surface area contributed by atoms with Gasteiger partial charge in [-0.05, 0) is 24.5 Å². The normalized spacial score (nSPS) is 13.1. The van der Waals surface area contributed by atoms with Crippen molar-refractivity contribution in [2.45, 2.75) is 20.3 Å². The highest BCUT2D eigenvalue weighted by atomic mass is 32.2. The summed E-state index contributed by atoms with van der Waals surface area (Å²) in [6, 6.07) is 7.81. The molecule has 0 saturated heterocycles. The van der Waals surface area contributed by atoms with Gasteiger partial charge in [-0.15, -0.1) is 11.3 Å². The Morgan fingerprint density at radius 2 is 1.76 bits per heavy atom. The van der Waals surface area contributed by atoms with E-state index in [0.29, 0.717) is 4.41 Å². The summed E-state index contributed by atoms with van der Waals surface area (Å²) in [7, 11) is -3.96. The van der Waals surface area contributed by atoms with Crippen LogP contribution in [-0.4, -0.2) is 54.4 Å². The van der Waals surface area contributed by atoms with Crippen molar-refractivity contribution in [2.24, 2.45) is 17.8 Å². The molecule has 4 N–H and O–H groups in total. The molecule has 0 bridgehead atoms. The number of hydrogen-bond acceptors (Lipinski definition) is 8. The minimum absolute atomic E-state index is 0.0778. The molecule has 12 nitrogen and oxygen atoms in total. The number of carboxylic acid groups (broad SMARTS) is 1. The lowest BCUT2D eigenvalue weighted by Crippen LogP contribution is -2.53. The molecule has 3 amide bonds. The highest BCUT2D eigenvalue weighted by molar-refractivity contribution is 7.92. The first-order valence-corrected chi connectivity index (χ1v) is 12.9. The van der Waals surface area contributed by atoms with Crippen molar-refractivity contribution in [2.75, 3.05) is 22.1 Å². The lowest BCUT2D eigenvalue weighted by molar-refractivity contribution is -0.140. The van der Waals surface area contributed by atoms with Crippen LogP contribution in [0.25, 0.3) is 0 Å². The van der Waals surface area contributed by atoms with Crippen molar-refractivity contribution in [1.82, 2.24) is 15.9 Å². The van der Waals surface area contributed by atoms with Crippen LogP contribution < -0.4 is 20.2 Å². The zero-order valence-corrected chi connectivity index (χ0v) is 20.4. The molecular weight excluding hydrogens is 486 g/mol. The van der Waals surface area contributed by atoms with E-state index in [-0.39, 0.29) is 23.2 Å². The Kier molecular flexibility index (Phi) is 9.35. The van der Waals surface area contributed by atoms with Gasteiger partial charge in [0.05, 0.1) is 23.8 Å². The average molecular weight is 514 g/mol. The third-order valence-electron chi connectivity index (χ3n) is 4.79. The van der Waals surface area contributed by atoms with Gasteiger partial charge in [0.25, 0.3) is 0 Å². The van der Waals surface area contributed by atoms with Crippen LogP contribution in [0, 0.1) is 17.8 Å². The average Bonchev–Trinajstić information content (AvgIpc) is 3.30. The summed E-state index contributed by atoms with van der Waals surface area (Å²) in [4.78, 5) is 42.6. The lowest BCUT2D eigenvalue weighted by atomic mass is 9.83. The second kappa shape index (κ2) is 11.8. The van der Waals surface area contributed by atoms with E-state index in [0.717, 1.165) is 22.5 Å². The second-order valence-corrected chi connectivity index (χ2v) is 10.6. The number of amides is 3. The van der Waals surface area contributed by atoms with Gasteiger partial charge in [0, 0.05) is 18.1 Å². The quantitative estimate of drug-likeness (QED) is 0.261. The van der Waals surface area contributed by atoms with E-state index < -0.39 is 46.3 Å². The fraction of sp³-hybridized carbons (Fsp3) is 0.400. The number of hydrazine groups is 1. The molecule has 0 radical (unpaired) electrons. The molecule has 0 fully saturated rings. The van der Waals surface area contributed by atoms with Crippen LogP contribution in [0.3, 0.4) is 0 Å². The Balaban J connectivity index is 2.44. The maximum absolute atomic E-state index is 13.4. The molecule has 0 aliphatic rings. The minimum atomic E-state index is -3.96. The molecule has 0 unspecified atom stereocenters. The van der Waals surface area contributed by atoms with Crippen LogP contribution in [0.1, 0.15) is 20.3 Å².